The fraction of sp³-hybridized carbons (Fsp3) is 0.478. The molecule has 28 heavy (non-hydrogen) atoms. The summed E-state index contributed by atoms with van der Waals surface area (Å²) in [4.78, 5) is 14.2. The highest BCUT2D eigenvalue weighted by Crippen LogP contribution is 2.44. The molecule has 2 unspecified atom stereocenters. The second kappa shape index (κ2) is 8.00. The quantitative estimate of drug-likeness (QED) is 0.450. The number of aromatic nitrogens is 2. The van der Waals surface area contributed by atoms with E-state index in [2.05, 4.69) is 61.8 Å². The summed E-state index contributed by atoms with van der Waals surface area (Å²) in [5, 5.41) is 1.53. The lowest BCUT2D eigenvalue weighted by Crippen LogP contribution is -2.39. The number of rotatable bonds is 4. The van der Waals surface area contributed by atoms with E-state index in [0.29, 0.717) is 17.1 Å². The molecule has 0 aliphatic carbocycles. The fourth-order valence-corrected chi connectivity index (χ4v) is 5.87. The zero-order valence-electron chi connectivity index (χ0n) is 17.1. The summed E-state index contributed by atoms with van der Waals surface area (Å²) in [7, 11) is 0. The van der Waals surface area contributed by atoms with Crippen molar-refractivity contribution in [2.45, 2.75) is 47.0 Å². The molecule has 0 radical (unpaired) electrons. The number of aryl methyl sites for hydroxylation is 2. The van der Waals surface area contributed by atoms with Crippen LogP contribution >= 0.6 is 22.9 Å². The van der Waals surface area contributed by atoms with Gasteiger partial charge in [-0.25, -0.2) is 4.98 Å². The van der Waals surface area contributed by atoms with Crippen molar-refractivity contribution in [3.05, 3.63) is 40.0 Å². The smallest absolute Gasteiger partial charge is 0.225 e. The topological polar surface area (TPSA) is 29.0 Å². The summed E-state index contributed by atoms with van der Waals surface area (Å²) < 4.78 is 0. The van der Waals surface area contributed by atoms with E-state index in [-0.39, 0.29) is 0 Å². The highest BCUT2D eigenvalue weighted by Gasteiger charge is 2.27. The molecule has 0 N–H and O–H groups in total. The molecule has 0 amide bonds. The minimum atomic E-state index is 0.352. The van der Waals surface area contributed by atoms with E-state index in [0.717, 1.165) is 36.6 Å². The average molecular weight is 414 g/mol. The van der Waals surface area contributed by atoms with Crippen LogP contribution < -0.4 is 4.90 Å². The van der Waals surface area contributed by atoms with Crippen LogP contribution in [0.1, 0.15) is 44.6 Å². The molecule has 1 saturated heterocycles. The second-order valence-electron chi connectivity index (χ2n) is 8.15. The molecular formula is C23H28ClN3S. The van der Waals surface area contributed by atoms with Crippen LogP contribution in [0, 0.1) is 11.8 Å². The normalized spacial score (nSPS) is 20.1. The van der Waals surface area contributed by atoms with Gasteiger partial charge in [-0.2, -0.15) is 4.98 Å². The molecule has 4 rings (SSSR count). The predicted molar refractivity (Wildman–Crippen MR) is 122 cm³/mol. The molecule has 0 spiro atoms. The number of hydrogen-bond acceptors (Lipinski definition) is 4. The van der Waals surface area contributed by atoms with Gasteiger partial charge in [0.05, 0.1) is 5.39 Å². The van der Waals surface area contributed by atoms with Gasteiger partial charge < -0.3 is 4.90 Å². The van der Waals surface area contributed by atoms with Crippen LogP contribution in [-0.4, -0.2) is 23.1 Å². The van der Waals surface area contributed by atoms with Crippen molar-refractivity contribution in [3.8, 4) is 11.1 Å². The van der Waals surface area contributed by atoms with Gasteiger partial charge in [0.2, 0.25) is 5.28 Å². The Morgan fingerprint density at radius 2 is 1.71 bits per heavy atom. The van der Waals surface area contributed by atoms with E-state index in [4.69, 9.17) is 16.6 Å². The summed E-state index contributed by atoms with van der Waals surface area (Å²) in [5.41, 5.74) is 3.91. The van der Waals surface area contributed by atoms with Gasteiger partial charge in [-0.15, -0.1) is 11.3 Å². The highest BCUT2D eigenvalue weighted by molar-refractivity contribution is 7.19. The minimum absolute atomic E-state index is 0.352. The lowest BCUT2D eigenvalue weighted by Gasteiger charge is -2.36. The number of halogens is 1. The number of fused-ring (bicyclic) bond motifs is 1. The first-order chi connectivity index (χ1) is 13.5. The Morgan fingerprint density at radius 3 is 2.32 bits per heavy atom. The van der Waals surface area contributed by atoms with Crippen LogP contribution in [0.4, 0.5) is 5.82 Å². The van der Waals surface area contributed by atoms with E-state index in [1.807, 2.05) is 0 Å². The van der Waals surface area contributed by atoms with Crippen molar-refractivity contribution in [1.82, 2.24) is 9.97 Å². The summed E-state index contributed by atoms with van der Waals surface area (Å²) in [6.07, 6.45) is 3.31. The van der Waals surface area contributed by atoms with Gasteiger partial charge in [-0.1, -0.05) is 52.0 Å². The Bertz CT molecular complexity index is 970. The van der Waals surface area contributed by atoms with E-state index in [9.17, 15) is 0 Å². The van der Waals surface area contributed by atoms with E-state index >= 15 is 0 Å². The van der Waals surface area contributed by atoms with Crippen LogP contribution in [-0.2, 0) is 12.8 Å². The molecule has 0 bridgehead atoms. The molecule has 1 aliphatic heterocycles. The predicted octanol–water partition coefficient (Wildman–Crippen LogP) is 6.62. The Balaban J connectivity index is 1.93. The molecule has 2 aromatic heterocycles. The van der Waals surface area contributed by atoms with Crippen molar-refractivity contribution in [1.29, 1.82) is 0 Å². The van der Waals surface area contributed by atoms with E-state index < -0.39 is 0 Å². The molecule has 1 aliphatic rings. The van der Waals surface area contributed by atoms with Gasteiger partial charge in [-0.05, 0) is 53.8 Å². The van der Waals surface area contributed by atoms with Crippen LogP contribution in [0.5, 0.6) is 0 Å². The molecule has 0 saturated carbocycles. The summed E-state index contributed by atoms with van der Waals surface area (Å²) in [6.45, 7) is 11.1. The largest absolute Gasteiger partial charge is 0.355 e. The van der Waals surface area contributed by atoms with Crippen molar-refractivity contribution in [2.75, 3.05) is 18.0 Å². The van der Waals surface area contributed by atoms with Gasteiger partial charge in [0, 0.05) is 23.5 Å². The molecule has 148 valence electrons. The number of piperidine rings is 1. The van der Waals surface area contributed by atoms with Gasteiger partial charge in [-0.3, -0.25) is 0 Å². The Labute approximate surface area is 176 Å². The lowest BCUT2D eigenvalue weighted by atomic mass is 9.91. The third-order valence-electron chi connectivity index (χ3n) is 5.72. The molecule has 3 heterocycles. The molecule has 5 heteroatoms. The maximum Gasteiger partial charge on any atom is 0.225 e. The monoisotopic (exact) mass is 413 g/mol. The first-order valence-corrected chi connectivity index (χ1v) is 11.5. The molecular weight excluding hydrogens is 386 g/mol. The van der Waals surface area contributed by atoms with Crippen LogP contribution in [0.15, 0.2) is 24.3 Å². The zero-order valence-corrected chi connectivity index (χ0v) is 18.7. The maximum atomic E-state index is 6.36. The fourth-order valence-electron chi connectivity index (χ4n) is 4.53. The van der Waals surface area contributed by atoms with Gasteiger partial charge >= 0.3 is 0 Å². The lowest BCUT2D eigenvalue weighted by molar-refractivity contribution is 0.356. The van der Waals surface area contributed by atoms with E-state index in [1.54, 1.807) is 11.3 Å². The van der Waals surface area contributed by atoms with Crippen molar-refractivity contribution in [2.24, 2.45) is 11.8 Å². The molecule has 1 fully saturated rings. The molecule has 3 aromatic rings. The van der Waals surface area contributed by atoms with E-state index in [1.165, 1.54) is 33.4 Å². The third kappa shape index (κ3) is 3.65. The average Bonchev–Trinajstić information content (AvgIpc) is 3.05. The zero-order chi connectivity index (χ0) is 19.8. The summed E-state index contributed by atoms with van der Waals surface area (Å²) >= 11 is 8.12. The summed E-state index contributed by atoms with van der Waals surface area (Å²) in [5.74, 6) is 2.33. The number of hydrogen-bond donors (Lipinski definition) is 0. The number of anilines is 1. The Hall–Kier alpha value is -1.65. The van der Waals surface area contributed by atoms with Crippen LogP contribution in [0.3, 0.4) is 0 Å². The third-order valence-corrected chi connectivity index (χ3v) is 7.12. The minimum Gasteiger partial charge on any atom is -0.355 e. The first-order valence-electron chi connectivity index (χ1n) is 10.3. The summed E-state index contributed by atoms with van der Waals surface area (Å²) in [6, 6.07) is 8.97. The standard InChI is InChI=1S/C23H28ClN3S/c1-5-16-7-9-17(10-8-16)19-18(6-2)28-22-20(19)21(25-23(24)26-22)27-12-14(3)11-15(4)13-27/h7-10,14-15H,5-6,11-13H2,1-4H3. The Kier molecular flexibility index (Phi) is 5.62. The van der Waals surface area contributed by atoms with Crippen LogP contribution in [0.25, 0.3) is 21.3 Å². The van der Waals surface area contributed by atoms with Crippen molar-refractivity contribution < 1.29 is 0 Å². The number of benzene rings is 1. The van der Waals surface area contributed by atoms with Gasteiger partial charge in [0.1, 0.15) is 10.6 Å². The van der Waals surface area contributed by atoms with Crippen LogP contribution in [0.2, 0.25) is 5.28 Å². The molecule has 1 aromatic carbocycles. The van der Waals surface area contributed by atoms with Gasteiger partial charge in [0.15, 0.2) is 0 Å². The van der Waals surface area contributed by atoms with Crippen molar-refractivity contribution in [3.63, 3.8) is 0 Å². The van der Waals surface area contributed by atoms with Crippen molar-refractivity contribution >= 4 is 39.0 Å². The second-order valence-corrected chi connectivity index (χ2v) is 9.57. The molecule has 3 nitrogen and oxygen atoms in total. The first kappa shape index (κ1) is 19.7. The maximum absolute atomic E-state index is 6.36. The number of thiophene rings is 1. The van der Waals surface area contributed by atoms with Gasteiger partial charge in [0.25, 0.3) is 0 Å². The number of nitrogens with zero attached hydrogens (tertiary/aromatic N) is 3. The highest BCUT2D eigenvalue weighted by atomic mass is 35.5. The Morgan fingerprint density at radius 1 is 1.04 bits per heavy atom. The SMILES string of the molecule is CCc1ccc(-c2c(CC)sc3nc(Cl)nc(N4CC(C)CC(C)C4)c23)cc1. The molecule has 2 atom stereocenters.